The summed E-state index contributed by atoms with van der Waals surface area (Å²) in [5.74, 6) is -0.174. The van der Waals surface area contributed by atoms with Gasteiger partial charge in [-0.3, -0.25) is 18.7 Å². The maximum atomic E-state index is 12.6. The highest BCUT2D eigenvalue weighted by Crippen LogP contribution is 2.27. The van der Waals surface area contributed by atoms with Gasteiger partial charge in [-0.1, -0.05) is 0 Å². The minimum atomic E-state index is -0.868. The number of hydrogen-bond acceptors (Lipinski definition) is 6. The van der Waals surface area contributed by atoms with Crippen LogP contribution in [0.25, 0.3) is 0 Å². The molecule has 3 unspecified atom stereocenters. The van der Waals surface area contributed by atoms with Crippen LogP contribution in [0.4, 0.5) is 0 Å². The number of rotatable bonds is 6. The van der Waals surface area contributed by atoms with E-state index in [-0.39, 0.29) is 25.5 Å². The molecule has 1 amide bonds. The molecule has 9 nitrogen and oxygen atoms in total. The van der Waals surface area contributed by atoms with Crippen molar-refractivity contribution >= 4 is 5.91 Å². The highest BCUT2D eigenvalue weighted by Gasteiger charge is 2.35. The second kappa shape index (κ2) is 7.73. The molecule has 0 aliphatic carbocycles. The first-order valence-electron chi connectivity index (χ1n) is 7.86. The molecule has 134 valence electrons. The lowest BCUT2D eigenvalue weighted by Crippen LogP contribution is -2.42. The molecule has 0 bridgehead atoms. The molecule has 1 fully saturated rings. The summed E-state index contributed by atoms with van der Waals surface area (Å²) in [5, 5.41) is 21.6. The van der Waals surface area contributed by atoms with E-state index in [1.807, 2.05) is 0 Å². The Balaban J connectivity index is 2.23. The summed E-state index contributed by atoms with van der Waals surface area (Å²) in [6, 6.07) is 0. The van der Waals surface area contributed by atoms with Crippen molar-refractivity contribution in [3.63, 3.8) is 0 Å². The van der Waals surface area contributed by atoms with Crippen LogP contribution >= 0.6 is 0 Å². The van der Waals surface area contributed by atoms with E-state index in [9.17, 15) is 19.5 Å². The second-order valence-electron chi connectivity index (χ2n) is 5.91. The third-order valence-corrected chi connectivity index (χ3v) is 3.99. The van der Waals surface area contributed by atoms with Gasteiger partial charge in [0.15, 0.2) is 0 Å². The first-order valence-corrected chi connectivity index (χ1v) is 7.86. The lowest BCUT2D eigenvalue weighted by Gasteiger charge is -2.17. The molecule has 1 aliphatic rings. The standard InChI is InChI=1S/C15H23N3O6/c1-9-7-18(13-6-11(21)12(8-19)24-13)15(23)17(14(9)22)5-3-4-16-10(2)20/h7,11-13,19,21H,3-6,8H2,1-2H3,(H,16,20). The van der Waals surface area contributed by atoms with Crippen molar-refractivity contribution in [1.29, 1.82) is 0 Å². The number of nitrogens with one attached hydrogen (secondary N) is 1. The Morgan fingerprint density at radius 1 is 1.46 bits per heavy atom. The summed E-state index contributed by atoms with van der Waals surface area (Å²) < 4.78 is 7.86. The fourth-order valence-electron chi connectivity index (χ4n) is 2.71. The largest absolute Gasteiger partial charge is 0.394 e. The number of hydrogen-bond donors (Lipinski definition) is 3. The van der Waals surface area contributed by atoms with E-state index < -0.39 is 29.7 Å². The first kappa shape index (κ1) is 18.4. The minimum absolute atomic E-state index is 0.161. The number of carbonyl (C=O) groups is 1. The molecule has 3 N–H and O–H groups in total. The van der Waals surface area contributed by atoms with Crippen LogP contribution in [0.5, 0.6) is 0 Å². The van der Waals surface area contributed by atoms with Crippen molar-refractivity contribution in [2.75, 3.05) is 13.2 Å². The Labute approximate surface area is 138 Å². The van der Waals surface area contributed by atoms with E-state index in [1.165, 1.54) is 17.7 Å². The molecule has 9 heteroatoms. The van der Waals surface area contributed by atoms with Crippen LogP contribution in [-0.2, 0) is 16.1 Å². The van der Waals surface area contributed by atoms with E-state index in [1.54, 1.807) is 6.92 Å². The summed E-state index contributed by atoms with van der Waals surface area (Å²) in [5.41, 5.74) is -0.555. The highest BCUT2D eigenvalue weighted by molar-refractivity contribution is 5.72. The number of nitrogens with zero attached hydrogens (tertiary/aromatic N) is 2. The van der Waals surface area contributed by atoms with Gasteiger partial charge in [0.1, 0.15) is 12.3 Å². The minimum Gasteiger partial charge on any atom is -0.394 e. The van der Waals surface area contributed by atoms with E-state index in [4.69, 9.17) is 9.84 Å². The Hall–Kier alpha value is -1.97. The number of aliphatic hydroxyl groups excluding tert-OH is 2. The number of amides is 1. The van der Waals surface area contributed by atoms with Crippen LogP contribution in [0.1, 0.15) is 31.6 Å². The summed E-state index contributed by atoms with van der Waals surface area (Å²) in [7, 11) is 0. The molecular weight excluding hydrogens is 318 g/mol. The number of ether oxygens (including phenoxy) is 1. The third-order valence-electron chi connectivity index (χ3n) is 3.99. The van der Waals surface area contributed by atoms with Gasteiger partial charge in [-0.2, -0.15) is 0 Å². The fourth-order valence-corrected chi connectivity index (χ4v) is 2.71. The average molecular weight is 341 g/mol. The van der Waals surface area contributed by atoms with Crippen LogP contribution in [0, 0.1) is 6.92 Å². The third kappa shape index (κ3) is 3.92. The zero-order valence-electron chi connectivity index (χ0n) is 13.8. The Bertz CT molecular complexity index is 710. The van der Waals surface area contributed by atoms with Gasteiger partial charge in [0, 0.05) is 38.2 Å². The molecule has 0 radical (unpaired) electrons. The van der Waals surface area contributed by atoms with Gasteiger partial charge < -0.3 is 20.3 Å². The van der Waals surface area contributed by atoms with E-state index in [0.717, 1.165) is 4.57 Å². The summed E-state index contributed by atoms with van der Waals surface area (Å²) in [4.78, 5) is 35.6. The molecule has 2 heterocycles. The van der Waals surface area contributed by atoms with Crippen molar-refractivity contribution < 1.29 is 19.7 Å². The van der Waals surface area contributed by atoms with Gasteiger partial charge >= 0.3 is 5.69 Å². The van der Waals surface area contributed by atoms with Crippen molar-refractivity contribution in [2.24, 2.45) is 0 Å². The zero-order valence-corrected chi connectivity index (χ0v) is 13.8. The molecule has 0 aromatic carbocycles. The van der Waals surface area contributed by atoms with Gasteiger partial charge in [-0.15, -0.1) is 0 Å². The number of aliphatic hydroxyl groups is 2. The lowest BCUT2D eigenvalue weighted by atomic mass is 10.2. The van der Waals surface area contributed by atoms with Crippen LogP contribution < -0.4 is 16.6 Å². The average Bonchev–Trinajstić information content (AvgIpc) is 2.90. The second-order valence-corrected chi connectivity index (χ2v) is 5.91. The molecule has 1 saturated heterocycles. The van der Waals surface area contributed by atoms with Gasteiger partial charge in [-0.05, 0) is 13.3 Å². The maximum absolute atomic E-state index is 12.6. The Morgan fingerprint density at radius 2 is 2.17 bits per heavy atom. The van der Waals surface area contributed by atoms with Gasteiger partial charge in [-0.25, -0.2) is 4.79 Å². The predicted molar refractivity (Wildman–Crippen MR) is 84.6 cm³/mol. The topological polar surface area (TPSA) is 123 Å². The molecule has 2 rings (SSSR count). The van der Waals surface area contributed by atoms with E-state index in [0.29, 0.717) is 18.5 Å². The molecule has 0 saturated carbocycles. The zero-order chi connectivity index (χ0) is 17.9. The molecule has 1 aliphatic heterocycles. The fraction of sp³-hybridized carbons (Fsp3) is 0.667. The summed E-state index contributed by atoms with van der Waals surface area (Å²) in [6.07, 6.45) is -0.341. The maximum Gasteiger partial charge on any atom is 0.333 e. The smallest absolute Gasteiger partial charge is 0.333 e. The predicted octanol–water partition coefficient (Wildman–Crippen LogP) is -1.51. The highest BCUT2D eigenvalue weighted by atomic mass is 16.5. The van der Waals surface area contributed by atoms with E-state index in [2.05, 4.69) is 5.32 Å². The lowest BCUT2D eigenvalue weighted by molar-refractivity contribution is -0.118. The van der Waals surface area contributed by atoms with Crippen LogP contribution in [0.15, 0.2) is 15.8 Å². The number of aromatic nitrogens is 2. The van der Waals surface area contributed by atoms with Gasteiger partial charge in [0.2, 0.25) is 5.91 Å². The summed E-state index contributed by atoms with van der Waals surface area (Å²) >= 11 is 0. The number of carbonyl (C=O) groups excluding carboxylic acids is 1. The van der Waals surface area contributed by atoms with E-state index >= 15 is 0 Å². The molecule has 0 spiro atoms. The van der Waals surface area contributed by atoms with Gasteiger partial charge in [0.25, 0.3) is 5.56 Å². The molecule has 1 aromatic rings. The first-order chi connectivity index (χ1) is 11.3. The van der Waals surface area contributed by atoms with Crippen LogP contribution in [-0.4, -0.2) is 50.6 Å². The normalized spacial score (nSPS) is 23.4. The SMILES string of the molecule is CC(=O)NCCCn1c(=O)c(C)cn(C2CC(O)C(CO)O2)c1=O. The molecule has 24 heavy (non-hydrogen) atoms. The Kier molecular flexibility index (Phi) is 5.92. The van der Waals surface area contributed by atoms with Crippen LogP contribution in [0.2, 0.25) is 0 Å². The van der Waals surface area contributed by atoms with Crippen molar-refractivity contribution in [2.45, 2.75) is 51.7 Å². The Morgan fingerprint density at radius 3 is 2.75 bits per heavy atom. The van der Waals surface area contributed by atoms with Crippen molar-refractivity contribution in [3.05, 3.63) is 32.6 Å². The van der Waals surface area contributed by atoms with Crippen LogP contribution in [0.3, 0.4) is 0 Å². The van der Waals surface area contributed by atoms with Gasteiger partial charge in [0.05, 0.1) is 12.7 Å². The van der Waals surface area contributed by atoms with Crippen molar-refractivity contribution in [1.82, 2.24) is 14.5 Å². The molecular formula is C15H23N3O6. The monoisotopic (exact) mass is 341 g/mol. The number of aryl methyl sites for hydroxylation is 1. The quantitative estimate of drug-likeness (QED) is 0.540. The molecule has 1 aromatic heterocycles. The molecule has 3 atom stereocenters. The summed E-state index contributed by atoms with van der Waals surface area (Å²) in [6.45, 7) is 3.17. The van der Waals surface area contributed by atoms with Crippen molar-refractivity contribution in [3.8, 4) is 0 Å².